The maximum atomic E-state index is 13.2. The number of halogens is 1. The summed E-state index contributed by atoms with van der Waals surface area (Å²) in [5.41, 5.74) is 3.47. The Bertz CT molecular complexity index is 1230. The Labute approximate surface area is 179 Å². The molecule has 2 aromatic heterocycles. The van der Waals surface area contributed by atoms with E-state index in [0.717, 1.165) is 35.0 Å². The van der Waals surface area contributed by atoms with Crippen molar-refractivity contribution >= 4 is 16.8 Å². The van der Waals surface area contributed by atoms with Gasteiger partial charge in [0.25, 0.3) is 5.91 Å². The van der Waals surface area contributed by atoms with Gasteiger partial charge >= 0.3 is 0 Å². The molecule has 1 aliphatic heterocycles. The van der Waals surface area contributed by atoms with E-state index in [0.29, 0.717) is 12.1 Å². The molecule has 1 amide bonds. The molecule has 2 aromatic carbocycles. The van der Waals surface area contributed by atoms with E-state index in [4.69, 9.17) is 0 Å². The zero-order valence-electron chi connectivity index (χ0n) is 17.5. The van der Waals surface area contributed by atoms with Gasteiger partial charge in [0.2, 0.25) is 0 Å². The summed E-state index contributed by atoms with van der Waals surface area (Å²) in [4.78, 5) is 15.0. The van der Waals surface area contributed by atoms with E-state index in [1.54, 1.807) is 18.3 Å². The van der Waals surface area contributed by atoms with Gasteiger partial charge < -0.3 is 4.90 Å². The first-order chi connectivity index (χ1) is 14.9. The van der Waals surface area contributed by atoms with E-state index in [2.05, 4.69) is 47.3 Å². The number of aromatic amines is 1. The fourth-order valence-electron chi connectivity index (χ4n) is 4.68. The van der Waals surface area contributed by atoms with E-state index >= 15 is 0 Å². The SMILES string of the molecule is CC1(C)CC(Cn2ncc3cc(-c4cn[nH]c4)ccc32)CN1C(=O)c1ccc(F)cc1. The lowest BCUT2D eigenvalue weighted by Gasteiger charge is -2.31. The molecule has 1 saturated heterocycles. The van der Waals surface area contributed by atoms with Crippen LogP contribution < -0.4 is 0 Å². The van der Waals surface area contributed by atoms with Gasteiger partial charge in [-0.05, 0) is 68.1 Å². The molecule has 0 bridgehead atoms. The fourth-order valence-corrected chi connectivity index (χ4v) is 4.68. The lowest BCUT2D eigenvalue weighted by molar-refractivity contribution is 0.0649. The number of carbonyl (C=O) groups excluding carboxylic acids is 1. The van der Waals surface area contributed by atoms with Gasteiger partial charge in [0.05, 0.1) is 17.9 Å². The summed E-state index contributed by atoms with van der Waals surface area (Å²) in [6.45, 7) is 5.57. The molecule has 0 radical (unpaired) electrons. The van der Waals surface area contributed by atoms with Crippen LogP contribution in [0.5, 0.6) is 0 Å². The van der Waals surface area contributed by atoms with Crippen LogP contribution in [-0.4, -0.2) is 42.9 Å². The first kappa shape index (κ1) is 19.5. The summed E-state index contributed by atoms with van der Waals surface area (Å²) in [6, 6.07) is 12.1. The summed E-state index contributed by atoms with van der Waals surface area (Å²) in [5, 5.41) is 12.6. The molecular formula is C24H24FN5O. The van der Waals surface area contributed by atoms with Crippen molar-refractivity contribution in [3.8, 4) is 11.1 Å². The standard InChI is InChI=1S/C24H24FN5O/c1-24(2)10-16(14-29(24)23(31)17-3-6-21(25)7-4-17)15-30-22-8-5-18(9-19(22)13-28-30)20-11-26-27-12-20/h3-9,11-13,16H,10,14-15H2,1-2H3,(H,26,27). The van der Waals surface area contributed by atoms with Crippen LogP contribution in [0, 0.1) is 11.7 Å². The highest BCUT2D eigenvalue weighted by atomic mass is 19.1. The molecule has 1 unspecified atom stereocenters. The molecule has 0 spiro atoms. The third-order valence-electron chi connectivity index (χ3n) is 6.20. The van der Waals surface area contributed by atoms with Crippen molar-refractivity contribution in [1.29, 1.82) is 0 Å². The number of benzene rings is 2. The molecule has 31 heavy (non-hydrogen) atoms. The van der Waals surface area contributed by atoms with Gasteiger partial charge in [0.15, 0.2) is 0 Å². The fraction of sp³-hybridized carbons (Fsp3) is 0.292. The van der Waals surface area contributed by atoms with Gasteiger partial charge in [0, 0.05) is 41.3 Å². The number of fused-ring (bicyclic) bond motifs is 1. The van der Waals surface area contributed by atoms with Crippen LogP contribution in [0.3, 0.4) is 0 Å². The number of carbonyl (C=O) groups is 1. The molecule has 7 heteroatoms. The maximum Gasteiger partial charge on any atom is 0.254 e. The number of H-pyrrole nitrogens is 1. The Morgan fingerprint density at radius 1 is 1.16 bits per heavy atom. The monoisotopic (exact) mass is 417 g/mol. The zero-order chi connectivity index (χ0) is 21.6. The summed E-state index contributed by atoms with van der Waals surface area (Å²) in [5.74, 6) is -0.102. The molecule has 0 aliphatic carbocycles. The number of rotatable bonds is 4. The van der Waals surface area contributed by atoms with Crippen LogP contribution in [-0.2, 0) is 6.54 Å². The van der Waals surface area contributed by atoms with Crippen molar-refractivity contribution in [3.05, 3.63) is 72.4 Å². The molecule has 6 nitrogen and oxygen atoms in total. The van der Waals surface area contributed by atoms with Crippen molar-refractivity contribution in [2.24, 2.45) is 5.92 Å². The predicted molar refractivity (Wildman–Crippen MR) is 117 cm³/mol. The van der Waals surface area contributed by atoms with E-state index in [-0.39, 0.29) is 23.2 Å². The second-order valence-electron chi connectivity index (χ2n) is 8.89. The minimum absolute atomic E-state index is 0.0532. The van der Waals surface area contributed by atoms with Gasteiger partial charge in [-0.3, -0.25) is 14.6 Å². The second-order valence-corrected chi connectivity index (χ2v) is 8.89. The van der Waals surface area contributed by atoms with E-state index in [1.165, 1.54) is 12.1 Å². The van der Waals surface area contributed by atoms with Crippen LogP contribution >= 0.6 is 0 Å². The van der Waals surface area contributed by atoms with Crippen molar-refractivity contribution in [3.63, 3.8) is 0 Å². The second kappa shape index (κ2) is 7.34. The smallest absolute Gasteiger partial charge is 0.254 e. The largest absolute Gasteiger partial charge is 0.333 e. The van der Waals surface area contributed by atoms with Gasteiger partial charge in [-0.1, -0.05) is 6.07 Å². The van der Waals surface area contributed by atoms with E-state index in [1.807, 2.05) is 22.0 Å². The van der Waals surface area contributed by atoms with Gasteiger partial charge in [-0.25, -0.2) is 4.39 Å². The highest BCUT2D eigenvalue weighted by Crippen LogP contribution is 2.35. The molecule has 1 fully saturated rings. The highest BCUT2D eigenvalue weighted by Gasteiger charge is 2.41. The Morgan fingerprint density at radius 3 is 2.71 bits per heavy atom. The van der Waals surface area contributed by atoms with Crippen molar-refractivity contribution in [1.82, 2.24) is 24.9 Å². The molecule has 158 valence electrons. The minimum atomic E-state index is -0.336. The van der Waals surface area contributed by atoms with Crippen molar-refractivity contribution in [2.45, 2.75) is 32.4 Å². The number of aromatic nitrogens is 4. The van der Waals surface area contributed by atoms with Crippen molar-refractivity contribution in [2.75, 3.05) is 6.54 Å². The molecule has 0 saturated carbocycles. The molecule has 1 N–H and O–H groups in total. The molecule has 1 aliphatic rings. The van der Waals surface area contributed by atoms with Crippen LogP contribution in [0.15, 0.2) is 61.1 Å². The lowest BCUT2D eigenvalue weighted by atomic mass is 9.96. The number of hydrogen-bond acceptors (Lipinski definition) is 3. The summed E-state index contributed by atoms with van der Waals surface area (Å²) >= 11 is 0. The third kappa shape index (κ3) is 3.60. The molecule has 5 rings (SSSR count). The van der Waals surface area contributed by atoms with Crippen LogP contribution in [0.1, 0.15) is 30.6 Å². The minimum Gasteiger partial charge on any atom is -0.333 e. The number of likely N-dealkylation sites (tertiary alicyclic amines) is 1. The number of hydrogen-bond donors (Lipinski definition) is 1. The topological polar surface area (TPSA) is 66.8 Å². The van der Waals surface area contributed by atoms with Crippen LogP contribution in [0.2, 0.25) is 0 Å². The lowest BCUT2D eigenvalue weighted by Crippen LogP contribution is -2.42. The predicted octanol–water partition coefficient (Wildman–Crippen LogP) is 4.51. The first-order valence-electron chi connectivity index (χ1n) is 10.4. The summed E-state index contributed by atoms with van der Waals surface area (Å²) in [7, 11) is 0. The molecular weight excluding hydrogens is 393 g/mol. The third-order valence-corrected chi connectivity index (χ3v) is 6.20. The zero-order valence-corrected chi connectivity index (χ0v) is 17.5. The van der Waals surface area contributed by atoms with Gasteiger partial charge in [-0.2, -0.15) is 10.2 Å². The molecule has 1 atom stereocenters. The van der Waals surface area contributed by atoms with Gasteiger partial charge in [-0.15, -0.1) is 0 Å². The highest BCUT2D eigenvalue weighted by molar-refractivity contribution is 5.95. The maximum absolute atomic E-state index is 13.2. The van der Waals surface area contributed by atoms with Crippen molar-refractivity contribution < 1.29 is 9.18 Å². The Morgan fingerprint density at radius 2 is 1.97 bits per heavy atom. The van der Waals surface area contributed by atoms with E-state index in [9.17, 15) is 9.18 Å². The quantitative estimate of drug-likeness (QED) is 0.531. The van der Waals surface area contributed by atoms with E-state index < -0.39 is 0 Å². The first-order valence-corrected chi connectivity index (χ1v) is 10.4. The number of nitrogens with zero attached hydrogens (tertiary/aromatic N) is 4. The Balaban J connectivity index is 1.35. The Kier molecular flexibility index (Phi) is 4.61. The average Bonchev–Trinajstić information content (AvgIpc) is 3.47. The summed E-state index contributed by atoms with van der Waals surface area (Å²) < 4.78 is 15.3. The Hall–Kier alpha value is -3.48. The van der Waals surface area contributed by atoms with Crippen LogP contribution in [0.25, 0.3) is 22.0 Å². The van der Waals surface area contributed by atoms with Crippen LogP contribution in [0.4, 0.5) is 4.39 Å². The number of amides is 1. The van der Waals surface area contributed by atoms with Gasteiger partial charge in [0.1, 0.15) is 5.82 Å². The average molecular weight is 417 g/mol. The number of nitrogens with one attached hydrogen (secondary N) is 1. The normalized spacial score (nSPS) is 18.0. The molecule has 4 aromatic rings. The molecule has 3 heterocycles. The summed E-state index contributed by atoms with van der Waals surface area (Å²) in [6.07, 6.45) is 6.45.